The lowest BCUT2D eigenvalue weighted by atomic mass is 9.79. The van der Waals surface area contributed by atoms with Gasteiger partial charge in [-0.1, -0.05) is 20.8 Å². The van der Waals surface area contributed by atoms with E-state index in [4.69, 9.17) is 0 Å². The zero-order valence-electron chi connectivity index (χ0n) is 17.0. The number of hydrogen-bond donors (Lipinski definition) is 0. The fraction of sp³-hybridized carbons (Fsp3) is 0.800. The third-order valence-electron chi connectivity index (χ3n) is 5.96. The van der Waals surface area contributed by atoms with Crippen molar-refractivity contribution in [3.63, 3.8) is 0 Å². The van der Waals surface area contributed by atoms with E-state index in [0.717, 1.165) is 31.6 Å². The first-order valence-electron chi connectivity index (χ1n) is 9.54. The summed E-state index contributed by atoms with van der Waals surface area (Å²) in [4.78, 5) is 17.9. The number of hydrogen-bond acceptors (Lipinski definition) is 3. The number of nitrogens with zero attached hydrogens (tertiary/aromatic N) is 4. The molecule has 2 atom stereocenters. The van der Waals surface area contributed by atoms with Gasteiger partial charge in [-0.3, -0.25) is 14.4 Å². The van der Waals surface area contributed by atoms with Crippen LogP contribution < -0.4 is 0 Å². The van der Waals surface area contributed by atoms with Gasteiger partial charge in [-0.15, -0.1) is 0 Å². The Balaban J connectivity index is 1.80. The molecule has 3 heterocycles. The minimum Gasteiger partial charge on any atom is -0.336 e. The summed E-state index contributed by atoms with van der Waals surface area (Å²) < 4.78 is 1.87. The van der Waals surface area contributed by atoms with Crippen molar-refractivity contribution in [2.24, 2.45) is 18.4 Å². The quantitative estimate of drug-likeness (QED) is 0.785. The number of amides is 1. The first-order chi connectivity index (χ1) is 11.5. The Bertz CT molecular complexity index is 650. The molecule has 0 spiro atoms. The number of fused-ring (bicyclic) bond motifs is 1. The molecular formula is C20H34N4O. The van der Waals surface area contributed by atoms with E-state index in [1.54, 1.807) is 0 Å². The van der Waals surface area contributed by atoms with Gasteiger partial charge in [-0.25, -0.2) is 0 Å². The van der Waals surface area contributed by atoms with Gasteiger partial charge in [0, 0.05) is 50.4 Å². The fourth-order valence-electron chi connectivity index (χ4n) is 4.29. The molecule has 1 aromatic heterocycles. The summed E-state index contributed by atoms with van der Waals surface area (Å²) in [5, 5.41) is 4.51. The molecule has 1 saturated heterocycles. The fourth-order valence-corrected chi connectivity index (χ4v) is 4.29. The van der Waals surface area contributed by atoms with Gasteiger partial charge in [0.15, 0.2) is 0 Å². The van der Waals surface area contributed by atoms with Crippen LogP contribution in [0.3, 0.4) is 0 Å². The van der Waals surface area contributed by atoms with Gasteiger partial charge in [0.1, 0.15) is 0 Å². The molecule has 3 rings (SSSR count). The van der Waals surface area contributed by atoms with Crippen molar-refractivity contribution < 1.29 is 4.79 Å². The average molecular weight is 347 g/mol. The van der Waals surface area contributed by atoms with E-state index in [2.05, 4.69) is 62.6 Å². The lowest BCUT2D eigenvalue weighted by Gasteiger charge is -2.39. The molecule has 0 bridgehead atoms. The Labute approximate surface area is 152 Å². The molecule has 5 nitrogen and oxygen atoms in total. The van der Waals surface area contributed by atoms with Crippen molar-refractivity contribution >= 4 is 5.91 Å². The van der Waals surface area contributed by atoms with Gasteiger partial charge < -0.3 is 4.90 Å². The molecule has 0 radical (unpaired) electrons. The van der Waals surface area contributed by atoms with E-state index in [-0.39, 0.29) is 17.0 Å². The van der Waals surface area contributed by atoms with Crippen LogP contribution in [0.25, 0.3) is 0 Å². The molecule has 1 unspecified atom stereocenters. The molecule has 2 aliphatic rings. The summed E-state index contributed by atoms with van der Waals surface area (Å²) in [7, 11) is 1.96. The molecule has 0 aliphatic carbocycles. The second-order valence-corrected chi connectivity index (χ2v) is 9.92. The number of aryl methyl sites for hydroxylation is 1. The highest BCUT2D eigenvalue weighted by molar-refractivity contribution is 5.82. The predicted molar refractivity (Wildman–Crippen MR) is 100 cm³/mol. The van der Waals surface area contributed by atoms with Crippen molar-refractivity contribution in [1.82, 2.24) is 19.6 Å². The topological polar surface area (TPSA) is 41.4 Å². The smallest absolute Gasteiger partial charge is 0.240 e. The molecule has 5 heteroatoms. The highest BCUT2D eigenvalue weighted by atomic mass is 16.2. The van der Waals surface area contributed by atoms with E-state index >= 15 is 0 Å². The normalized spacial score (nSPS) is 25.3. The lowest BCUT2D eigenvalue weighted by molar-refractivity contribution is -0.138. The highest BCUT2D eigenvalue weighted by Gasteiger charge is 2.46. The summed E-state index contributed by atoms with van der Waals surface area (Å²) in [6, 6.07) is 0.00227. The van der Waals surface area contributed by atoms with Crippen LogP contribution in [0.5, 0.6) is 0 Å². The second kappa shape index (κ2) is 6.11. The maximum Gasteiger partial charge on any atom is 0.240 e. The van der Waals surface area contributed by atoms with Gasteiger partial charge in [0.05, 0.1) is 11.7 Å². The van der Waals surface area contributed by atoms with Crippen LogP contribution >= 0.6 is 0 Å². The summed E-state index contributed by atoms with van der Waals surface area (Å²) in [5.41, 5.74) is 2.60. The predicted octanol–water partition coefficient (Wildman–Crippen LogP) is 2.84. The number of likely N-dealkylation sites (tertiary alicyclic amines) is 1. The molecular weight excluding hydrogens is 312 g/mol. The van der Waals surface area contributed by atoms with Crippen LogP contribution in [0, 0.1) is 11.3 Å². The summed E-state index contributed by atoms with van der Waals surface area (Å²) in [6.45, 7) is 16.1. The van der Waals surface area contributed by atoms with E-state index in [9.17, 15) is 4.79 Å². The molecule has 1 aromatic rings. The molecule has 0 saturated carbocycles. The van der Waals surface area contributed by atoms with Crippen LogP contribution in [0.15, 0.2) is 6.20 Å². The van der Waals surface area contributed by atoms with Crippen molar-refractivity contribution in [2.45, 2.75) is 72.5 Å². The molecule has 1 fully saturated rings. The van der Waals surface area contributed by atoms with Crippen molar-refractivity contribution in [3.05, 3.63) is 17.5 Å². The maximum absolute atomic E-state index is 13.4. The molecule has 2 aliphatic heterocycles. The molecule has 0 N–H and O–H groups in total. The Hall–Kier alpha value is -1.36. The first kappa shape index (κ1) is 18.4. The standard InChI is InChI=1S/C20H34N4O/c1-19(2,3)15-10-17(24(13-15)20(4,5)6)18(25)23-9-8-16-14(12-23)11-22(7)21-16/h11,15,17H,8-10,12-13H2,1-7H3/t15?,17-/m0/s1. The van der Waals surface area contributed by atoms with Gasteiger partial charge in [-0.05, 0) is 38.5 Å². The van der Waals surface area contributed by atoms with Gasteiger partial charge in [-0.2, -0.15) is 5.10 Å². The van der Waals surface area contributed by atoms with Crippen molar-refractivity contribution in [1.29, 1.82) is 0 Å². The average Bonchev–Trinajstić information content (AvgIpc) is 3.07. The minimum atomic E-state index is 0.00227. The summed E-state index contributed by atoms with van der Waals surface area (Å²) >= 11 is 0. The van der Waals surface area contributed by atoms with E-state index < -0.39 is 0 Å². The molecule has 1 amide bonds. The van der Waals surface area contributed by atoms with Crippen LogP contribution in [0.2, 0.25) is 0 Å². The maximum atomic E-state index is 13.4. The SMILES string of the molecule is Cn1cc2c(n1)CCN(C(=O)[C@@H]1CC(C(C)(C)C)CN1C(C)(C)C)C2. The third-order valence-corrected chi connectivity index (χ3v) is 5.96. The van der Waals surface area contributed by atoms with Gasteiger partial charge in [0.25, 0.3) is 0 Å². The van der Waals surface area contributed by atoms with E-state index in [1.807, 2.05) is 11.7 Å². The Kier molecular flexibility index (Phi) is 4.51. The zero-order chi connectivity index (χ0) is 18.6. The van der Waals surface area contributed by atoms with Crippen LogP contribution in [-0.2, 0) is 24.8 Å². The van der Waals surface area contributed by atoms with Crippen molar-refractivity contribution in [3.8, 4) is 0 Å². The number of carbonyl (C=O) groups is 1. The number of aromatic nitrogens is 2. The largest absolute Gasteiger partial charge is 0.336 e. The summed E-state index contributed by atoms with van der Waals surface area (Å²) in [5.74, 6) is 0.857. The van der Waals surface area contributed by atoms with E-state index in [1.165, 1.54) is 5.56 Å². The Morgan fingerprint density at radius 1 is 1.20 bits per heavy atom. The Morgan fingerprint density at radius 2 is 1.88 bits per heavy atom. The lowest BCUT2D eigenvalue weighted by Crippen LogP contribution is -2.53. The zero-order valence-corrected chi connectivity index (χ0v) is 17.0. The minimum absolute atomic E-state index is 0.00227. The second-order valence-electron chi connectivity index (χ2n) is 9.92. The van der Waals surface area contributed by atoms with Gasteiger partial charge in [0.2, 0.25) is 5.91 Å². The van der Waals surface area contributed by atoms with Crippen LogP contribution in [0.1, 0.15) is 59.2 Å². The Morgan fingerprint density at radius 3 is 2.48 bits per heavy atom. The number of carbonyl (C=O) groups excluding carboxylic acids is 1. The van der Waals surface area contributed by atoms with Crippen LogP contribution in [-0.4, -0.2) is 50.2 Å². The summed E-state index contributed by atoms with van der Waals surface area (Å²) in [6.07, 6.45) is 3.89. The van der Waals surface area contributed by atoms with Gasteiger partial charge >= 0.3 is 0 Å². The van der Waals surface area contributed by atoms with E-state index in [0.29, 0.717) is 18.4 Å². The first-order valence-corrected chi connectivity index (χ1v) is 9.54. The third kappa shape index (κ3) is 3.62. The highest BCUT2D eigenvalue weighted by Crippen LogP contribution is 2.40. The monoisotopic (exact) mass is 346 g/mol. The number of rotatable bonds is 1. The van der Waals surface area contributed by atoms with Crippen LogP contribution in [0.4, 0.5) is 0 Å². The molecule has 140 valence electrons. The van der Waals surface area contributed by atoms with Crippen molar-refractivity contribution in [2.75, 3.05) is 13.1 Å². The molecule has 0 aromatic carbocycles. The molecule has 25 heavy (non-hydrogen) atoms.